The molecule has 0 saturated carbocycles. The summed E-state index contributed by atoms with van der Waals surface area (Å²) in [5.74, 6) is 1.05. The number of nitrogens with zero attached hydrogens (tertiary/aromatic N) is 4. The van der Waals surface area contributed by atoms with E-state index in [0.717, 1.165) is 24.8 Å². The molecule has 3 heterocycles. The molecule has 1 aliphatic heterocycles. The van der Waals surface area contributed by atoms with Crippen molar-refractivity contribution in [2.45, 2.75) is 31.8 Å². The van der Waals surface area contributed by atoms with Crippen molar-refractivity contribution in [2.24, 2.45) is 13.0 Å². The van der Waals surface area contributed by atoms with Crippen LogP contribution in [-0.2, 0) is 18.3 Å². The van der Waals surface area contributed by atoms with Crippen molar-refractivity contribution in [1.82, 2.24) is 19.4 Å². The molecule has 0 spiro atoms. The van der Waals surface area contributed by atoms with Gasteiger partial charge in [-0.1, -0.05) is 6.07 Å². The summed E-state index contributed by atoms with van der Waals surface area (Å²) in [5.41, 5.74) is 1.09. The quantitative estimate of drug-likeness (QED) is 0.907. The van der Waals surface area contributed by atoms with Gasteiger partial charge in [-0.15, -0.1) is 0 Å². The first-order valence-corrected chi connectivity index (χ1v) is 8.47. The molecule has 2 aromatic heterocycles. The lowest BCUT2D eigenvalue weighted by atomic mass is 9.90. The van der Waals surface area contributed by atoms with E-state index in [2.05, 4.69) is 9.97 Å². The van der Waals surface area contributed by atoms with Gasteiger partial charge in [-0.05, 0) is 36.8 Å². The molecule has 1 atom stereocenters. The minimum Gasteiger partial charge on any atom is -0.385 e. The Morgan fingerprint density at radius 2 is 2.17 bits per heavy atom. The van der Waals surface area contributed by atoms with Gasteiger partial charge in [-0.3, -0.25) is 9.78 Å². The predicted octanol–water partition coefficient (Wildman–Crippen LogP) is 1.72. The van der Waals surface area contributed by atoms with Gasteiger partial charge in [0.25, 0.3) is 0 Å². The van der Waals surface area contributed by atoms with Gasteiger partial charge in [-0.25, -0.2) is 4.98 Å². The number of aryl methyl sites for hydroxylation is 2. The van der Waals surface area contributed by atoms with Crippen LogP contribution in [0.5, 0.6) is 0 Å². The molecule has 24 heavy (non-hydrogen) atoms. The van der Waals surface area contributed by atoms with Crippen molar-refractivity contribution in [1.29, 1.82) is 0 Å². The molecule has 1 N–H and O–H groups in total. The van der Waals surface area contributed by atoms with Crippen LogP contribution < -0.4 is 0 Å². The van der Waals surface area contributed by atoms with Crippen molar-refractivity contribution in [3.8, 4) is 0 Å². The summed E-state index contributed by atoms with van der Waals surface area (Å²) in [6, 6.07) is 3.89. The average Bonchev–Trinajstić information content (AvgIpc) is 3.06. The Labute approximate surface area is 142 Å². The van der Waals surface area contributed by atoms with Crippen LogP contribution in [0.4, 0.5) is 0 Å². The van der Waals surface area contributed by atoms with Crippen molar-refractivity contribution in [2.75, 3.05) is 13.1 Å². The molecule has 0 aliphatic carbocycles. The van der Waals surface area contributed by atoms with Gasteiger partial charge in [0.1, 0.15) is 11.9 Å². The third-order valence-electron chi connectivity index (χ3n) is 4.81. The standard InChI is InChI=1S/C18H24N4O2/c1-21-12-9-20-18(21)17(24)15-6-10-22(11-7-15)16(23)5-4-14-3-2-8-19-13-14/h2-3,8-9,12-13,15,17,24H,4-7,10-11H2,1H3/t17-/m1/s1. The van der Waals surface area contributed by atoms with Gasteiger partial charge in [0.15, 0.2) is 0 Å². The van der Waals surface area contributed by atoms with E-state index in [1.165, 1.54) is 0 Å². The number of pyridine rings is 1. The SMILES string of the molecule is Cn1ccnc1[C@H](O)C1CCN(C(=O)CCc2cccnc2)CC1. The zero-order valence-electron chi connectivity index (χ0n) is 14.0. The van der Waals surface area contributed by atoms with Crippen LogP contribution in [-0.4, -0.2) is 43.5 Å². The van der Waals surface area contributed by atoms with E-state index in [1.807, 2.05) is 41.0 Å². The number of likely N-dealkylation sites (tertiary alicyclic amines) is 1. The molecule has 1 amide bonds. The maximum Gasteiger partial charge on any atom is 0.222 e. The van der Waals surface area contributed by atoms with Crippen molar-refractivity contribution in [3.05, 3.63) is 48.3 Å². The molecule has 0 radical (unpaired) electrons. The first kappa shape index (κ1) is 16.6. The second-order valence-electron chi connectivity index (χ2n) is 6.42. The van der Waals surface area contributed by atoms with Gasteiger partial charge in [-0.2, -0.15) is 0 Å². The lowest BCUT2D eigenvalue weighted by molar-refractivity contribution is -0.133. The molecule has 0 bridgehead atoms. The van der Waals surface area contributed by atoms with Gasteiger partial charge < -0.3 is 14.6 Å². The molecule has 1 aliphatic rings. The van der Waals surface area contributed by atoms with Crippen LogP contribution in [0.2, 0.25) is 0 Å². The first-order valence-electron chi connectivity index (χ1n) is 8.47. The minimum absolute atomic E-state index is 0.161. The Morgan fingerprint density at radius 1 is 1.38 bits per heavy atom. The summed E-state index contributed by atoms with van der Waals surface area (Å²) in [6.07, 6.45) is 9.40. The number of piperidine rings is 1. The molecule has 0 aromatic carbocycles. The first-order chi connectivity index (χ1) is 11.6. The van der Waals surface area contributed by atoms with Crippen LogP contribution >= 0.6 is 0 Å². The highest BCUT2D eigenvalue weighted by molar-refractivity contribution is 5.76. The van der Waals surface area contributed by atoms with E-state index in [-0.39, 0.29) is 11.8 Å². The molecular weight excluding hydrogens is 304 g/mol. The van der Waals surface area contributed by atoms with Crippen LogP contribution in [0.3, 0.4) is 0 Å². The maximum absolute atomic E-state index is 12.4. The molecule has 6 heteroatoms. The highest BCUT2D eigenvalue weighted by atomic mass is 16.3. The second kappa shape index (κ2) is 7.57. The smallest absolute Gasteiger partial charge is 0.222 e. The molecular formula is C18H24N4O2. The zero-order valence-corrected chi connectivity index (χ0v) is 14.0. The van der Waals surface area contributed by atoms with E-state index in [0.29, 0.717) is 25.3 Å². The van der Waals surface area contributed by atoms with Crippen molar-refractivity contribution in [3.63, 3.8) is 0 Å². The second-order valence-corrected chi connectivity index (χ2v) is 6.42. The number of amides is 1. The predicted molar refractivity (Wildman–Crippen MR) is 90.0 cm³/mol. The van der Waals surface area contributed by atoms with Crippen molar-refractivity contribution < 1.29 is 9.90 Å². The van der Waals surface area contributed by atoms with Crippen LogP contribution in [0.25, 0.3) is 0 Å². The fourth-order valence-corrected chi connectivity index (χ4v) is 3.29. The molecule has 128 valence electrons. The Morgan fingerprint density at radius 3 is 2.79 bits per heavy atom. The topological polar surface area (TPSA) is 71.2 Å². The molecule has 0 unspecified atom stereocenters. The summed E-state index contributed by atoms with van der Waals surface area (Å²) in [5, 5.41) is 10.5. The normalized spacial score (nSPS) is 17.0. The Balaban J connectivity index is 1.48. The molecule has 6 nitrogen and oxygen atoms in total. The minimum atomic E-state index is -0.558. The molecule has 1 fully saturated rings. The number of aromatic nitrogens is 3. The molecule has 2 aromatic rings. The lowest BCUT2D eigenvalue weighted by Gasteiger charge is -2.34. The Bertz CT molecular complexity index is 663. The molecule has 1 saturated heterocycles. The Hall–Kier alpha value is -2.21. The summed E-state index contributed by atoms with van der Waals surface area (Å²) in [4.78, 5) is 22.6. The highest BCUT2D eigenvalue weighted by Gasteiger charge is 2.29. The van der Waals surface area contributed by atoms with Gasteiger partial charge in [0.05, 0.1) is 0 Å². The number of rotatable bonds is 5. The third-order valence-corrected chi connectivity index (χ3v) is 4.81. The monoisotopic (exact) mass is 328 g/mol. The number of carbonyl (C=O) groups excluding carboxylic acids is 1. The number of aliphatic hydroxyl groups is 1. The number of aliphatic hydroxyl groups excluding tert-OH is 1. The maximum atomic E-state index is 12.4. The number of carbonyl (C=O) groups is 1. The summed E-state index contributed by atoms with van der Waals surface area (Å²) in [7, 11) is 1.89. The summed E-state index contributed by atoms with van der Waals surface area (Å²) >= 11 is 0. The van der Waals surface area contributed by atoms with E-state index in [1.54, 1.807) is 12.4 Å². The Kier molecular flexibility index (Phi) is 5.25. The van der Waals surface area contributed by atoms with E-state index < -0.39 is 6.10 Å². The van der Waals surface area contributed by atoms with Gasteiger partial charge in [0, 0.05) is 51.3 Å². The summed E-state index contributed by atoms with van der Waals surface area (Å²) in [6.45, 7) is 1.41. The highest BCUT2D eigenvalue weighted by Crippen LogP contribution is 2.29. The van der Waals surface area contributed by atoms with Gasteiger partial charge in [0.2, 0.25) is 5.91 Å². The largest absolute Gasteiger partial charge is 0.385 e. The van der Waals surface area contributed by atoms with E-state index in [4.69, 9.17) is 0 Å². The number of imidazole rings is 1. The van der Waals surface area contributed by atoms with Crippen LogP contribution in [0.15, 0.2) is 36.9 Å². The number of hydrogen-bond acceptors (Lipinski definition) is 4. The number of hydrogen-bond donors (Lipinski definition) is 1. The van der Waals surface area contributed by atoms with E-state index in [9.17, 15) is 9.90 Å². The van der Waals surface area contributed by atoms with Gasteiger partial charge >= 0.3 is 0 Å². The van der Waals surface area contributed by atoms with Crippen LogP contribution in [0, 0.1) is 5.92 Å². The van der Waals surface area contributed by atoms with Crippen LogP contribution in [0.1, 0.15) is 36.8 Å². The van der Waals surface area contributed by atoms with E-state index >= 15 is 0 Å². The lowest BCUT2D eigenvalue weighted by Crippen LogP contribution is -2.40. The third kappa shape index (κ3) is 3.82. The zero-order chi connectivity index (χ0) is 16.9. The fourth-order valence-electron chi connectivity index (χ4n) is 3.29. The summed E-state index contributed by atoms with van der Waals surface area (Å²) < 4.78 is 1.86. The molecule has 3 rings (SSSR count). The van der Waals surface area contributed by atoms with Crippen molar-refractivity contribution >= 4 is 5.91 Å². The average molecular weight is 328 g/mol. The fraction of sp³-hybridized carbons (Fsp3) is 0.500.